The molecule has 0 aliphatic carbocycles. The highest BCUT2D eigenvalue weighted by Crippen LogP contribution is 2.14. The Kier molecular flexibility index (Phi) is 5.71. The minimum Gasteiger partial charge on any atom is -0.387 e. The summed E-state index contributed by atoms with van der Waals surface area (Å²) < 4.78 is 0. The molecule has 0 saturated carbocycles. The van der Waals surface area contributed by atoms with Crippen molar-refractivity contribution in [2.24, 2.45) is 0 Å². The zero-order valence-electron chi connectivity index (χ0n) is 13.1. The molecule has 0 aromatic heterocycles. The van der Waals surface area contributed by atoms with Crippen LogP contribution >= 0.6 is 0 Å². The molecular formula is C19H22N2O. The number of aliphatic hydroxyl groups is 1. The fraction of sp³-hybridized carbons (Fsp3) is 0.316. The molecular weight excluding hydrogens is 272 g/mol. The van der Waals surface area contributed by atoms with Gasteiger partial charge in [-0.1, -0.05) is 42.0 Å². The Labute approximate surface area is 132 Å². The Morgan fingerprint density at radius 2 is 1.91 bits per heavy atom. The molecule has 0 radical (unpaired) electrons. The second kappa shape index (κ2) is 7.74. The largest absolute Gasteiger partial charge is 0.387 e. The molecule has 2 N–H and O–H groups in total. The van der Waals surface area contributed by atoms with Gasteiger partial charge in [-0.25, -0.2) is 0 Å². The van der Waals surface area contributed by atoms with E-state index in [0.717, 1.165) is 12.0 Å². The molecule has 114 valence electrons. The van der Waals surface area contributed by atoms with E-state index in [-0.39, 0.29) is 6.04 Å². The van der Waals surface area contributed by atoms with Crippen molar-refractivity contribution >= 4 is 0 Å². The molecule has 0 saturated heterocycles. The lowest BCUT2D eigenvalue weighted by Gasteiger charge is -2.18. The van der Waals surface area contributed by atoms with E-state index >= 15 is 0 Å². The summed E-state index contributed by atoms with van der Waals surface area (Å²) in [5.74, 6) is 0. The van der Waals surface area contributed by atoms with Crippen molar-refractivity contribution in [3.8, 4) is 6.07 Å². The summed E-state index contributed by atoms with van der Waals surface area (Å²) in [5.41, 5.74) is 3.89. The number of nitriles is 1. The molecule has 0 aliphatic heterocycles. The molecule has 2 atom stereocenters. The lowest BCUT2D eigenvalue weighted by Crippen LogP contribution is -2.32. The van der Waals surface area contributed by atoms with Gasteiger partial charge < -0.3 is 10.4 Å². The van der Waals surface area contributed by atoms with Crippen molar-refractivity contribution < 1.29 is 5.11 Å². The van der Waals surface area contributed by atoms with Gasteiger partial charge in [0.05, 0.1) is 17.7 Å². The first-order valence-electron chi connectivity index (χ1n) is 7.55. The zero-order valence-corrected chi connectivity index (χ0v) is 13.1. The quantitative estimate of drug-likeness (QED) is 0.860. The summed E-state index contributed by atoms with van der Waals surface area (Å²) in [5, 5.41) is 22.5. The number of aliphatic hydroxyl groups excluding tert-OH is 1. The maximum absolute atomic E-state index is 10.2. The van der Waals surface area contributed by atoms with Gasteiger partial charge in [-0.2, -0.15) is 5.26 Å². The molecule has 0 spiro atoms. The minimum absolute atomic E-state index is 0.275. The standard InChI is InChI=1S/C19H22N2O/c1-14-6-8-16(9-7-14)10-15(2)21-13-19(22)18-5-3-4-17(11-18)12-20/h3-9,11,15,19,21-22H,10,13H2,1-2H3. The van der Waals surface area contributed by atoms with Gasteiger partial charge in [-0.05, 0) is 43.5 Å². The van der Waals surface area contributed by atoms with E-state index in [9.17, 15) is 5.11 Å². The van der Waals surface area contributed by atoms with Crippen LogP contribution in [0.15, 0.2) is 48.5 Å². The summed E-state index contributed by atoms with van der Waals surface area (Å²) in [6, 6.07) is 18.0. The lowest BCUT2D eigenvalue weighted by molar-refractivity contribution is 0.170. The van der Waals surface area contributed by atoms with Gasteiger partial charge in [0.2, 0.25) is 0 Å². The van der Waals surface area contributed by atoms with Crippen LogP contribution in [-0.4, -0.2) is 17.7 Å². The number of hydrogen-bond acceptors (Lipinski definition) is 3. The van der Waals surface area contributed by atoms with Gasteiger partial charge in [0.1, 0.15) is 0 Å². The Morgan fingerprint density at radius 3 is 2.59 bits per heavy atom. The summed E-state index contributed by atoms with van der Waals surface area (Å²) in [4.78, 5) is 0. The third-order valence-electron chi connectivity index (χ3n) is 3.72. The van der Waals surface area contributed by atoms with Crippen LogP contribution in [0, 0.1) is 18.3 Å². The highest BCUT2D eigenvalue weighted by Gasteiger charge is 2.10. The SMILES string of the molecule is Cc1ccc(CC(C)NCC(O)c2cccc(C#N)c2)cc1. The van der Waals surface area contributed by atoms with E-state index in [4.69, 9.17) is 5.26 Å². The molecule has 0 heterocycles. The Hall–Kier alpha value is -2.15. The fourth-order valence-corrected chi connectivity index (χ4v) is 2.40. The summed E-state index contributed by atoms with van der Waals surface area (Å²) >= 11 is 0. The molecule has 0 bridgehead atoms. The van der Waals surface area contributed by atoms with Crippen molar-refractivity contribution in [3.63, 3.8) is 0 Å². The van der Waals surface area contributed by atoms with Gasteiger partial charge >= 0.3 is 0 Å². The monoisotopic (exact) mass is 294 g/mol. The Balaban J connectivity index is 1.86. The summed E-state index contributed by atoms with van der Waals surface area (Å²) in [6.45, 7) is 4.66. The first-order chi connectivity index (χ1) is 10.6. The van der Waals surface area contributed by atoms with Crippen LogP contribution in [0.25, 0.3) is 0 Å². The number of benzene rings is 2. The Morgan fingerprint density at radius 1 is 1.18 bits per heavy atom. The number of hydrogen-bond donors (Lipinski definition) is 2. The summed E-state index contributed by atoms with van der Waals surface area (Å²) in [7, 11) is 0. The molecule has 2 rings (SSSR count). The van der Waals surface area contributed by atoms with Crippen LogP contribution < -0.4 is 5.32 Å². The molecule has 0 aliphatic rings. The van der Waals surface area contributed by atoms with Crippen LogP contribution in [0.3, 0.4) is 0 Å². The highest BCUT2D eigenvalue weighted by molar-refractivity contribution is 5.33. The smallest absolute Gasteiger partial charge is 0.0991 e. The molecule has 2 aromatic carbocycles. The van der Waals surface area contributed by atoms with E-state index in [1.807, 2.05) is 6.07 Å². The number of aryl methyl sites for hydroxylation is 1. The maximum Gasteiger partial charge on any atom is 0.0991 e. The zero-order chi connectivity index (χ0) is 15.9. The minimum atomic E-state index is -0.603. The second-order valence-corrected chi connectivity index (χ2v) is 5.75. The van der Waals surface area contributed by atoms with Gasteiger partial charge in [-0.15, -0.1) is 0 Å². The highest BCUT2D eigenvalue weighted by atomic mass is 16.3. The van der Waals surface area contributed by atoms with Crippen molar-refractivity contribution in [1.29, 1.82) is 5.26 Å². The molecule has 2 unspecified atom stereocenters. The van der Waals surface area contributed by atoms with Crippen LogP contribution in [0.5, 0.6) is 0 Å². The first kappa shape index (κ1) is 16.2. The number of nitrogens with zero attached hydrogens (tertiary/aromatic N) is 1. The molecule has 22 heavy (non-hydrogen) atoms. The topological polar surface area (TPSA) is 56.0 Å². The molecule has 2 aromatic rings. The van der Waals surface area contributed by atoms with E-state index in [2.05, 4.69) is 49.5 Å². The van der Waals surface area contributed by atoms with Gasteiger partial charge in [0.15, 0.2) is 0 Å². The summed E-state index contributed by atoms with van der Waals surface area (Å²) in [6.07, 6.45) is 0.319. The third kappa shape index (κ3) is 4.70. The van der Waals surface area contributed by atoms with Crippen molar-refractivity contribution in [3.05, 3.63) is 70.8 Å². The van der Waals surface area contributed by atoms with Gasteiger partial charge in [0.25, 0.3) is 0 Å². The predicted octanol–water partition coefficient (Wildman–Crippen LogP) is 3.12. The maximum atomic E-state index is 10.2. The van der Waals surface area contributed by atoms with Crippen molar-refractivity contribution in [2.75, 3.05) is 6.54 Å². The third-order valence-corrected chi connectivity index (χ3v) is 3.72. The van der Waals surface area contributed by atoms with Crippen molar-refractivity contribution in [1.82, 2.24) is 5.32 Å². The van der Waals surface area contributed by atoms with Crippen LogP contribution in [0.4, 0.5) is 0 Å². The molecule has 0 fully saturated rings. The lowest BCUT2D eigenvalue weighted by atomic mass is 10.0. The van der Waals surface area contributed by atoms with Crippen LogP contribution in [0.2, 0.25) is 0 Å². The van der Waals surface area contributed by atoms with E-state index < -0.39 is 6.10 Å². The van der Waals surface area contributed by atoms with Crippen LogP contribution in [-0.2, 0) is 6.42 Å². The Bertz CT molecular complexity index is 643. The fourth-order valence-electron chi connectivity index (χ4n) is 2.40. The van der Waals surface area contributed by atoms with Gasteiger partial charge in [-0.3, -0.25) is 0 Å². The number of nitrogens with one attached hydrogen (secondary N) is 1. The van der Waals surface area contributed by atoms with Gasteiger partial charge in [0, 0.05) is 12.6 Å². The average molecular weight is 294 g/mol. The van der Waals surface area contributed by atoms with E-state index in [1.165, 1.54) is 11.1 Å². The predicted molar refractivity (Wildman–Crippen MR) is 88.5 cm³/mol. The molecule has 3 nitrogen and oxygen atoms in total. The van der Waals surface area contributed by atoms with E-state index in [0.29, 0.717) is 12.1 Å². The molecule has 3 heteroatoms. The normalized spacial score (nSPS) is 13.4. The first-order valence-corrected chi connectivity index (χ1v) is 7.55. The second-order valence-electron chi connectivity index (χ2n) is 5.75. The van der Waals surface area contributed by atoms with Crippen LogP contribution in [0.1, 0.15) is 35.3 Å². The van der Waals surface area contributed by atoms with Crippen molar-refractivity contribution in [2.45, 2.75) is 32.4 Å². The number of rotatable bonds is 6. The van der Waals surface area contributed by atoms with E-state index in [1.54, 1.807) is 18.2 Å². The molecule has 0 amide bonds. The average Bonchev–Trinajstić information content (AvgIpc) is 2.55.